The van der Waals surface area contributed by atoms with E-state index in [1.165, 1.54) is 0 Å². The molecule has 0 unspecified atom stereocenters. The molecule has 0 spiro atoms. The molecule has 2 aromatic rings. The van der Waals surface area contributed by atoms with E-state index in [0.717, 1.165) is 41.0 Å². The average Bonchev–Trinajstić information content (AvgIpc) is 2.43. The third-order valence-corrected chi connectivity index (χ3v) is 3.01. The Balaban J connectivity index is 2.61. The average molecular weight is 260 g/mol. The summed E-state index contributed by atoms with van der Waals surface area (Å²) >= 11 is 0. The molecule has 0 amide bonds. The lowest BCUT2D eigenvalue weighted by atomic mass is 10.1. The van der Waals surface area contributed by atoms with Crippen LogP contribution in [0.15, 0.2) is 18.2 Å². The predicted molar refractivity (Wildman–Crippen MR) is 78.4 cm³/mol. The van der Waals surface area contributed by atoms with E-state index in [9.17, 15) is 0 Å². The maximum Gasteiger partial charge on any atom is 0.162 e. The lowest BCUT2D eigenvalue weighted by Gasteiger charge is -2.13. The summed E-state index contributed by atoms with van der Waals surface area (Å²) in [5, 5.41) is 4.48. The molecule has 0 bridgehead atoms. The highest BCUT2D eigenvalue weighted by atomic mass is 16.5. The van der Waals surface area contributed by atoms with Gasteiger partial charge in [-0.15, -0.1) is 0 Å². The monoisotopic (exact) mass is 260 g/mol. The fourth-order valence-electron chi connectivity index (χ4n) is 2.09. The minimum Gasteiger partial charge on any atom is -0.493 e. The Bertz CT molecular complexity index is 582. The highest BCUT2D eigenvalue weighted by Crippen LogP contribution is 2.34. The third kappa shape index (κ3) is 2.72. The number of hydrogen-bond acceptors (Lipinski definition) is 4. The molecular weight excluding hydrogens is 240 g/mol. The van der Waals surface area contributed by atoms with Crippen LogP contribution in [0.2, 0.25) is 0 Å². The number of rotatable bonds is 5. The van der Waals surface area contributed by atoms with Gasteiger partial charge in [0.2, 0.25) is 0 Å². The van der Waals surface area contributed by atoms with Crippen LogP contribution in [0, 0.1) is 6.92 Å². The van der Waals surface area contributed by atoms with Crippen LogP contribution < -0.4 is 14.8 Å². The summed E-state index contributed by atoms with van der Waals surface area (Å²) in [7, 11) is 3.28. The summed E-state index contributed by atoms with van der Waals surface area (Å²) < 4.78 is 10.7. The van der Waals surface area contributed by atoms with Crippen molar-refractivity contribution in [1.82, 2.24) is 4.98 Å². The third-order valence-electron chi connectivity index (χ3n) is 3.01. The first-order chi connectivity index (χ1) is 9.19. The fourth-order valence-corrected chi connectivity index (χ4v) is 2.09. The van der Waals surface area contributed by atoms with Crippen LogP contribution in [0.5, 0.6) is 11.5 Å². The molecule has 0 radical (unpaired) electrons. The highest BCUT2D eigenvalue weighted by Gasteiger charge is 2.10. The zero-order valence-corrected chi connectivity index (χ0v) is 11.9. The maximum atomic E-state index is 5.35. The second kappa shape index (κ2) is 5.78. The van der Waals surface area contributed by atoms with E-state index in [2.05, 4.69) is 23.3 Å². The van der Waals surface area contributed by atoms with Gasteiger partial charge in [-0.1, -0.05) is 6.92 Å². The Morgan fingerprint density at radius 1 is 1.11 bits per heavy atom. The van der Waals surface area contributed by atoms with Gasteiger partial charge in [-0.3, -0.25) is 4.98 Å². The number of nitrogens with one attached hydrogen (secondary N) is 1. The number of pyridine rings is 1. The number of methoxy groups -OCH3 is 2. The largest absolute Gasteiger partial charge is 0.493 e. The maximum absolute atomic E-state index is 5.35. The summed E-state index contributed by atoms with van der Waals surface area (Å²) in [6.07, 6.45) is 1.08. The summed E-state index contributed by atoms with van der Waals surface area (Å²) in [5.41, 5.74) is 2.99. The molecule has 0 aliphatic heterocycles. The van der Waals surface area contributed by atoms with Crippen molar-refractivity contribution in [2.24, 2.45) is 0 Å². The molecule has 0 saturated heterocycles. The molecule has 102 valence electrons. The molecule has 1 aromatic heterocycles. The molecule has 0 saturated carbocycles. The summed E-state index contributed by atoms with van der Waals surface area (Å²) in [5.74, 6) is 1.43. The van der Waals surface area contributed by atoms with Gasteiger partial charge in [0.05, 0.1) is 19.7 Å². The molecule has 0 aliphatic rings. The van der Waals surface area contributed by atoms with Crippen molar-refractivity contribution >= 4 is 16.6 Å². The molecule has 1 aromatic carbocycles. The number of hydrogen-bond donors (Lipinski definition) is 1. The fraction of sp³-hybridized carbons (Fsp3) is 0.400. The van der Waals surface area contributed by atoms with Crippen molar-refractivity contribution in [3.8, 4) is 11.5 Å². The van der Waals surface area contributed by atoms with Gasteiger partial charge < -0.3 is 14.8 Å². The standard InChI is InChI=1S/C15H20N2O2/c1-5-6-16-12-7-10(2)17-13-9-15(19-4)14(18-3)8-11(12)13/h7-9H,5-6H2,1-4H3,(H,16,17). The van der Waals surface area contributed by atoms with Gasteiger partial charge in [-0.05, 0) is 25.5 Å². The van der Waals surface area contributed by atoms with E-state index < -0.39 is 0 Å². The van der Waals surface area contributed by atoms with E-state index in [4.69, 9.17) is 9.47 Å². The lowest BCUT2D eigenvalue weighted by molar-refractivity contribution is 0.356. The predicted octanol–water partition coefficient (Wildman–Crippen LogP) is 3.38. The number of anilines is 1. The Morgan fingerprint density at radius 2 is 1.79 bits per heavy atom. The van der Waals surface area contributed by atoms with Crippen molar-refractivity contribution in [2.75, 3.05) is 26.1 Å². The molecule has 4 heteroatoms. The van der Waals surface area contributed by atoms with Crippen molar-refractivity contribution < 1.29 is 9.47 Å². The van der Waals surface area contributed by atoms with Gasteiger partial charge in [0.1, 0.15) is 0 Å². The second-order valence-electron chi connectivity index (χ2n) is 4.46. The summed E-state index contributed by atoms with van der Waals surface area (Å²) in [4.78, 5) is 4.55. The van der Waals surface area contributed by atoms with E-state index in [0.29, 0.717) is 5.75 Å². The number of fused-ring (bicyclic) bond motifs is 1. The minimum absolute atomic E-state index is 0.703. The molecule has 19 heavy (non-hydrogen) atoms. The lowest BCUT2D eigenvalue weighted by Crippen LogP contribution is -2.02. The quantitative estimate of drug-likeness (QED) is 0.895. The Hall–Kier alpha value is -1.97. The van der Waals surface area contributed by atoms with Crippen LogP contribution in [0.1, 0.15) is 19.0 Å². The van der Waals surface area contributed by atoms with Crippen molar-refractivity contribution in [1.29, 1.82) is 0 Å². The molecule has 1 heterocycles. The van der Waals surface area contributed by atoms with E-state index in [-0.39, 0.29) is 0 Å². The summed E-state index contributed by atoms with van der Waals surface area (Å²) in [6.45, 7) is 5.08. The van der Waals surface area contributed by atoms with Crippen LogP contribution in [0.3, 0.4) is 0 Å². The highest BCUT2D eigenvalue weighted by molar-refractivity contribution is 5.93. The first-order valence-corrected chi connectivity index (χ1v) is 6.46. The summed E-state index contributed by atoms with van der Waals surface area (Å²) in [6, 6.07) is 5.95. The van der Waals surface area contributed by atoms with E-state index in [1.807, 2.05) is 19.1 Å². The topological polar surface area (TPSA) is 43.4 Å². The van der Waals surface area contributed by atoms with Crippen LogP contribution in [-0.4, -0.2) is 25.7 Å². The van der Waals surface area contributed by atoms with Crippen LogP contribution >= 0.6 is 0 Å². The van der Waals surface area contributed by atoms with Gasteiger partial charge in [0.25, 0.3) is 0 Å². The van der Waals surface area contributed by atoms with Crippen LogP contribution in [-0.2, 0) is 0 Å². The molecule has 0 atom stereocenters. The number of benzene rings is 1. The zero-order valence-electron chi connectivity index (χ0n) is 11.9. The Labute approximate surface area is 113 Å². The SMILES string of the molecule is CCCNc1cc(C)nc2cc(OC)c(OC)cc12. The van der Waals surface area contributed by atoms with E-state index >= 15 is 0 Å². The molecule has 1 N–H and O–H groups in total. The Kier molecular flexibility index (Phi) is 4.10. The second-order valence-corrected chi connectivity index (χ2v) is 4.46. The first kappa shape index (κ1) is 13.5. The van der Waals surface area contributed by atoms with Gasteiger partial charge >= 0.3 is 0 Å². The van der Waals surface area contributed by atoms with Crippen molar-refractivity contribution in [2.45, 2.75) is 20.3 Å². The normalized spacial score (nSPS) is 10.5. The minimum atomic E-state index is 0.703. The number of aryl methyl sites for hydroxylation is 1. The number of aromatic nitrogens is 1. The van der Waals surface area contributed by atoms with E-state index in [1.54, 1.807) is 14.2 Å². The molecule has 0 fully saturated rings. The van der Waals surface area contributed by atoms with Crippen LogP contribution in [0.4, 0.5) is 5.69 Å². The van der Waals surface area contributed by atoms with Gasteiger partial charge in [-0.2, -0.15) is 0 Å². The molecule has 4 nitrogen and oxygen atoms in total. The zero-order chi connectivity index (χ0) is 13.8. The molecule has 2 rings (SSSR count). The van der Waals surface area contributed by atoms with Crippen LogP contribution in [0.25, 0.3) is 10.9 Å². The number of ether oxygens (including phenoxy) is 2. The molecule has 0 aliphatic carbocycles. The van der Waals surface area contributed by atoms with Crippen molar-refractivity contribution in [3.63, 3.8) is 0 Å². The van der Waals surface area contributed by atoms with Gasteiger partial charge in [-0.25, -0.2) is 0 Å². The van der Waals surface area contributed by atoms with Crippen molar-refractivity contribution in [3.05, 3.63) is 23.9 Å². The Morgan fingerprint density at radius 3 is 2.42 bits per heavy atom. The van der Waals surface area contributed by atoms with Gasteiger partial charge in [0.15, 0.2) is 11.5 Å². The number of nitrogens with zero attached hydrogens (tertiary/aromatic N) is 1. The smallest absolute Gasteiger partial charge is 0.162 e. The van der Waals surface area contributed by atoms with Gasteiger partial charge in [0, 0.05) is 29.4 Å². The molecular formula is C15H20N2O2. The first-order valence-electron chi connectivity index (χ1n) is 6.46.